The molecular weight excluding hydrogens is 354 g/mol. The minimum atomic E-state index is 0.685. The molecule has 0 aliphatic carbocycles. The molecule has 0 saturated carbocycles. The molecule has 1 fully saturated rings. The number of anilines is 2. The minimum Gasteiger partial charge on any atom is -0.378 e. The first kappa shape index (κ1) is 16.8. The Morgan fingerprint density at radius 3 is 2.96 bits per heavy atom. The molecule has 1 aliphatic rings. The lowest BCUT2D eigenvalue weighted by molar-refractivity contribution is 0.122. The number of aromatic amines is 1. The van der Waals surface area contributed by atoms with Crippen LogP contribution in [-0.4, -0.2) is 52.1 Å². The van der Waals surface area contributed by atoms with E-state index in [0.717, 1.165) is 46.7 Å². The van der Waals surface area contributed by atoms with Gasteiger partial charge in [-0.3, -0.25) is 5.43 Å². The molecule has 0 atom stereocenters. The molecule has 4 aromatic rings. The number of fused-ring (bicyclic) bond motifs is 2. The number of H-pyrrole nitrogens is 1. The third-order valence-electron chi connectivity index (χ3n) is 4.87. The first-order valence-electron chi connectivity index (χ1n) is 9.33. The van der Waals surface area contributed by atoms with Crippen molar-refractivity contribution in [2.75, 3.05) is 36.6 Å². The third-order valence-corrected chi connectivity index (χ3v) is 4.87. The van der Waals surface area contributed by atoms with Gasteiger partial charge < -0.3 is 14.6 Å². The van der Waals surface area contributed by atoms with E-state index in [1.165, 1.54) is 0 Å². The summed E-state index contributed by atoms with van der Waals surface area (Å²) in [6.45, 7) is 5.06. The summed E-state index contributed by atoms with van der Waals surface area (Å²) in [4.78, 5) is 10.2. The van der Waals surface area contributed by atoms with E-state index in [1.807, 2.05) is 48.0 Å². The van der Waals surface area contributed by atoms with Crippen LogP contribution in [0.4, 0.5) is 11.6 Å². The smallest absolute Gasteiger partial charge is 0.160 e. The van der Waals surface area contributed by atoms with Gasteiger partial charge in [-0.1, -0.05) is 18.2 Å². The van der Waals surface area contributed by atoms with Gasteiger partial charge >= 0.3 is 0 Å². The fourth-order valence-electron chi connectivity index (χ4n) is 3.52. The standard InChI is InChI=1S/C20H21N7O/c1-14-10-19-23-18(11-20(27(19)25-14)26-6-8-28-9-7-26)24-22-13-15-12-21-17-5-3-2-4-16(15)17/h2-5,10-13,21H,6-9H2,1H3,(H,23,24)/b22-13+. The van der Waals surface area contributed by atoms with Gasteiger partial charge in [-0.05, 0) is 13.0 Å². The minimum absolute atomic E-state index is 0.685. The van der Waals surface area contributed by atoms with Gasteiger partial charge in [0.05, 0.1) is 25.1 Å². The molecule has 1 aliphatic heterocycles. The second-order valence-electron chi connectivity index (χ2n) is 6.81. The van der Waals surface area contributed by atoms with Gasteiger partial charge in [0.2, 0.25) is 0 Å². The molecule has 0 spiro atoms. The normalized spacial score (nSPS) is 15.1. The van der Waals surface area contributed by atoms with Crippen molar-refractivity contribution in [1.29, 1.82) is 0 Å². The van der Waals surface area contributed by atoms with E-state index in [2.05, 4.69) is 36.6 Å². The van der Waals surface area contributed by atoms with Gasteiger partial charge in [-0.2, -0.15) is 14.7 Å². The molecule has 2 N–H and O–H groups in total. The summed E-state index contributed by atoms with van der Waals surface area (Å²) >= 11 is 0. The van der Waals surface area contributed by atoms with E-state index in [9.17, 15) is 0 Å². The highest BCUT2D eigenvalue weighted by molar-refractivity contribution is 5.99. The predicted molar refractivity (Wildman–Crippen MR) is 110 cm³/mol. The van der Waals surface area contributed by atoms with Crippen LogP contribution in [0, 0.1) is 6.92 Å². The molecule has 3 aromatic heterocycles. The summed E-state index contributed by atoms with van der Waals surface area (Å²) in [7, 11) is 0. The molecule has 28 heavy (non-hydrogen) atoms. The monoisotopic (exact) mass is 375 g/mol. The van der Waals surface area contributed by atoms with Gasteiger partial charge in [-0.15, -0.1) is 0 Å². The molecule has 8 nitrogen and oxygen atoms in total. The number of nitrogens with one attached hydrogen (secondary N) is 2. The van der Waals surface area contributed by atoms with Gasteiger partial charge in [-0.25, -0.2) is 4.98 Å². The maximum absolute atomic E-state index is 5.48. The van der Waals surface area contributed by atoms with Crippen molar-refractivity contribution >= 4 is 34.4 Å². The van der Waals surface area contributed by atoms with Crippen LogP contribution in [0.15, 0.2) is 47.7 Å². The van der Waals surface area contributed by atoms with E-state index in [0.29, 0.717) is 19.0 Å². The van der Waals surface area contributed by atoms with Crippen molar-refractivity contribution in [3.05, 3.63) is 53.9 Å². The van der Waals surface area contributed by atoms with Crippen LogP contribution < -0.4 is 10.3 Å². The Balaban J connectivity index is 1.45. The summed E-state index contributed by atoms with van der Waals surface area (Å²) in [6.07, 6.45) is 3.76. The molecule has 142 valence electrons. The van der Waals surface area contributed by atoms with Crippen LogP contribution in [0.1, 0.15) is 11.3 Å². The van der Waals surface area contributed by atoms with E-state index in [4.69, 9.17) is 4.74 Å². The predicted octanol–water partition coefficient (Wildman–Crippen LogP) is 2.80. The summed E-state index contributed by atoms with van der Waals surface area (Å²) in [5.74, 6) is 1.68. The number of rotatable bonds is 4. The molecule has 1 aromatic carbocycles. The molecule has 0 bridgehead atoms. The van der Waals surface area contributed by atoms with Crippen LogP contribution in [-0.2, 0) is 4.74 Å². The molecule has 5 rings (SSSR count). The van der Waals surface area contributed by atoms with Crippen molar-refractivity contribution in [3.8, 4) is 0 Å². The number of ether oxygens (including phenoxy) is 1. The number of hydrazone groups is 1. The van der Waals surface area contributed by atoms with Crippen LogP contribution in [0.25, 0.3) is 16.6 Å². The summed E-state index contributed by atoms with van der Waals surface area (Å²) in [6, 6.07) is 12.1. The number of benzene rings is 1. The molecule has 0 unspecified atom stereocenters. The van der Waals surface area contributed by atoms with Gasteiger partial charge in [0, 0.05) is 47.9 Å². The Bertz CT molecular complexity index is 1150. The lowest BCUT2D eigenvalue weighted by Gasteiger charge is -2.29. The van der Waals surface area contributed by atoms with Crippen LogP contribution in [0.2, 0.25) is 0 Å². The second kappa shape index (κ2) is 6.97. The van der Waals surface area contributed by atoms with E-state index < -0.39 is 0 Å². The number of aromatic nitrogens is 4. The highest BCUT2D eigenvalue weighted by atomic mass is 16.5. The fourth-order valence-corrected chi connectivity index (χ4v) is 3.52. The lowest BCUT2D eigenvalue weighted by Crippen LogP contribution is -2.37. The molecule has 0 radical (unpaired) electrons. The topological polar surface area (TPSA) is 82.8 Å². The Kier molecular flexibility index (Phi) is 4.17. The largest absolute Gasteiger partial charge is 0.378 e. The van der Waals surface area contributed by atoms with Crippen molar-refractivity contribution < 1.29 is 4.74 Å². The van der Waals surface area contributed by atoms with Crippen molar-refractivity contribution in [2.45, 2.75) is 6.92 Å². The molecule has 0 amide bonds. The number of hydrogen-bond acceptors (Lipinski definition) is 6. The Morgan fingerprint density at radius 1 is 1.21 bits per heavy atom. The zero-order chi connectivity index (χ0) is 18.9. The zero-order valence-electron chi connectivity index (χ0n) is 15.6. The first-order valence-corrected chi connectivity index (χ1v) is 9.33. The van der Waals surface area contributed by atoms with Crippen LogP contribution in [0.3, 0.4) is 0 Å². The molecule has 1 saturated heterocycles. The molecule has 4 heterocycles. The van der Waals surface area contributed by atoms with Gasteiger partial charge in [0.15, 0.2) is 11.5 Å². The summed E-state index contributed by atoms with van der Waals surface area (Å²) < 4.78 is 7.37. The van der Waals surface area contributed by atoms with Gasteiger partial charge in [0.25, 0.3) is 0 Å². The highest BCUT2D eigenvalue weighted by Crippen LogP contribution is 2.22. The second-order valence-corrected chi connectivity index (χ2v) is 6.81. The van der Waals surface area contributed by atoms with Crippen molar-refractivity contribution in [3.63, 3.8) is 0 Å². The average Bonchev–Trinajstić information content (AvgIpc) is 3.31. The maximum atomic E-state index is 5.48. The Hall–Kier alpha value is -3.39. The SMILES string of the molecule is Cc1cc2nc(N/N=C/c3c[nH]c4ccccc34)cc(N3CCOCC3)n2n1. The fraction of sp³-hybridized carbons (Fsp3) is 0.250. The maximum Gasteiger partial charge on any atom is 0.160 e. The van der Waals surface area contributed by atoms with E-state index in [-0.39, 0.29) is 0 Å². The molecular formula is C20H21N7O. The average molecular weight is 375 g/mol. The Morgan fingerprint density at radius 2 is 2.07 bits per heavy atom. The quantitative estimate of drug-likeness (QED) is 0.423. The van der Waals surface area contributed by atoms with Crippen LogP contribution in [0.5, 0.6) is 0 Å². The number of para-hydroxylation sites is 1. The third kappa shape index (κ3) is 3.07. The summed E-state index contributed by atoms with van der Waals surface area (Å²) in [5, 5.41) is 10.1. The van der Waals surface area contributed by atoms with E-state index >= 15 is 0 Å². The lowest BCUT2D eigenvalue weighted by atomic mass is 10.2. The number of morpholine rings is 1. The summed E-state index contributed by atoms with van der Waals surface area (Å²) in [5.41, 5.74) is 6.92. The van der Waals surface area contributed by atoms with Crippen LogP contribution >= 0.6 is 0 Å². The zero-order valence-corrected chi connectivity index (χ0v) is 15.6. The Labute approximate surface area is 161 Å². The molecule has 8 heteroatoms. The number of hydrogen-bond donors (Lipinski definition) is 2. The highest BCUT2D eigenvalue weighted by Gasteiger charge is 2.17. The van der Waals surface area contributed by atoms with E-state index in [1.54, 1.807) is 6.21 Å². The first-order chi connectivity index (χ1) is 13.8. The van der Waals surface area contributed by atoms with Crippen molar-refractivity contribution in [1.82, 2.24) is 19.6 Å². The number of aryl methyl sites for hydroxylation is 1. The van der Waals surface area contributed by atoms with Crippen molar-refractivity contribution in [2.24, 2.45) is 5.10 Å². The number of nitrogens with zero attached hydrogens (tertiary/aromatic N) is 5. The van der Waals surface area contributed by atoms with Gasteiger partial charge in [0.1, 0.15) is 5.82 Å².